The third kappa shape index (κ3) is 3.34. The zero-order valence-corrected chi connectivity index (χ0v) is 12.7. The molecule has 1 nitrogen and oxygen atoms in total. The van der Waals surface area contributed by atoms with E-state index in [0.717, 1.165) is 0 Å². The maximum absolute atomic E-state index is 6.36. The first-order valence-corrected chi connectivity index (χ1v) is 9.89. The van der Waals surface area contributed by atoms with Gasteiger partial charge < -0.3 is 4.43 Å². The van der Waals surface area contributed by atoms with Gasteiger partial charge in [-0.3, -0.25) is 0 Å². The number of halogens is 1. The Balaban J connectivity index is 2.76. The first-order valence-electron chi connectivity index (χ1n) is 5.41. The fourth-order valence-corrected chi connectivity index (χ4v) is 4.49. The van der Waals surface area contributed by atoms with Crippen LogP contribution in [0, 0.1) is 0 Å². The molecule has 1 aliphatic rings. The molecule has 0 spiro atoms. The second-order valence-corrected chi connectivity index (χ2v) is 10.9. The highest BCUT2D eigenvalue weighted by atomic mass is 127. The minimum absolute atomic E-state index is 0.0171. The van der Waals surface area contributed by atoms with Crippen LogP contribution in [-0.4, -0.2) is 13.9 Å². The Hall–Kier alpha value is 0.647. The van der Waals surface area contributed by atoms with Gasteiger partial charge in [-0.25, -0.2) is 0 Å². The molecular formula is C11H21IOSi. The van der Waals surface area contributed by atoms with E-state index in [1.165, 1.54) is 35.7 Å². The highest BCUT2D eigenvalue weighted by Crippen LogP contribution is 2.41. The molecule has 0 bridgehead atoms. The van der Waals surface area contributed by atoms with Gasteiger partial charge in [0.2, 0.25) is 0 Å². The van der Waals surface area contributed by atoms with Crippen molar-refractivity contribution in [3.05, 3.63) is 10.2 Å². The fourth-order valence-electron chi connectivity index (χ4n) is 2.14. The number of rotatable bonds is 3. The molecule has 0 amide bonds. The summed E-state index contributed by atoms with van der Waals surface area (Å²) in [7, 11) is -1.45. The second-order valence-electron chi connectivity index (χ2n) is 5.17. The smallest absolute Gasteiger partial charge is 0.184 e. The van der Waals surface area contributed by atoms with E-state index in [4.69, 9.17) is 4.43 Å². The Morgan fingerprint density at radius 3 is 2.07 bits per heavy atom. The molecule has 1 fully saturated rings. The molecule has 1 aliphatic carbocycles. The van der Waals surface area contributed by atoms with Crippen LogP contribution in [-0.2, 0) is 4.43 Å². The maximum Gasteiger partial charge on any atom is 0.184 e. The van der Waals surface area contributed by atoms with Crippen molar-refractivity contribution in [2.75, 3.05) is 0 Å². The van der Waals surface area contributed by atoms with Crippen molar-refractivity contribution in [2.45, 2.75) is 57.3 Å². The van der Waals surface area contributed by atoms with Crippen LogP contribution in [0.3, 0.4) is 0 Å². The van der Waals surface area contributed by atoms with Crippen molar-refractivity contribution in [1.82, 2.24) is 0 Å². The van der Waals surface area contributed by atoms with Crippen molar-refractivity contribution in [2.24, 2.45) is 0 Å². The molecule has 0 N–H and O–H groups in total. The quantitative estimate of drug-likeness (QED) is 0.549. The normalized spacial score (nSPS) is 22.0. The molecule has 0 aliphatic heterocycles. The topological polar surface area (TPSA) is 9.23 Å². The molecule has 0 radical (unpaired) electrons. The van der Waals surface area contributed by atoms with Gasteiger partial charge in [-0.15, -0.1) is 0 Å². The summed E-state index contributed by atoms with van der Waals surface area (Å²) in [5, 5.41) is 0. The van der Waals surface area contributed by atoms with E-state index in [1.54, 1.807) is 0 Å². The van der Waals surface area contributed by atoms with Crippen molar-refractivity contribution < 1.29 is 4.43 Å². The molecule has 1 saturated carbocycles. The van der Waals surface area contributed by atoms with Gasteiger partial charge in [0.1, 0.15) is 0 Å². The summed E-state index contributed by atoms with van der Waals surface area (Å²) in [5.41, 5.74) is 0.0171. The van der Waals surface area contributed by atoms with Gasteiger partial charge >= 0.3 is 0 Å². The Morgan fingerprint density at radius 1 is 1.21 bits per heavy atom. The summed E-state index contributed by atoms with van der Waals surface area (Å²) in [4.78, 5) is 0. The van der Waals surface area contributed by atoms with Crippen LogP contribution in [0.5, 0.6) is 0 Å². The maximum atomic E-state index is 6.36. The highest BCUT2D eigenvalue weighted by Gasteiger charge is 2.38. The lowest BCUT2D eigenvalue weighted by Gasteiger charge is -2.41. The third-order valence-electron chi connectivity index (χ3n) is 2.66. The van der Waals surface area contributed by atoms with Crippen molar-refractivity contribution >= 4 is 30.9 Å². The molecule has 82 valence electrons. The summed E-state index contributed by atoms with van der Waals surface area (Å²) >= 11 is 2.36. The summed E-state index contributed by atoms with van der Waals surface area (Å²) in [5.74, 6) is 0. The van der Waals surface area contributed by atoms with Crippen LogP contribution in [0.2, 0.25) is 19.6 Å². The standard InChI is InChI=1S/C11H21IOSi/c1-10(12)11(13-14(2,3)4)8-6-5-7-9-11/h1,5-9H2,2-4H3. The Kier molecular flexibility index (Phi) is 4.23. The van der Waals surface area contributed by atoms with Crippen molar-refractivity contribution in [3.8, 4) is 0 Å². The molecule has 0 saturated heterocycles. The van der Waals surface area contributed by atoms with E-state index in [0.29, 0.717) is 0 Å². The molecule has 3 heteroatoms. The third-order valence-corrected chi connectivity index (χ3v) is 4.64. The van der Waals surface area contributed by atoms with Gasteiger partial charge in [0.15, 0.2) is 8.32 Å². The lowest BCUT2D eigenvalue weighted by Crippen LogP contribution is -2.44. The summed E-state index contributed by atoms with van der Waals surface area (Å²) in [6.45, 7) is 10.9. The van der Waals surface area contributed by atoms with E-state index in [1.807, 2.05) is 0 Å². The van der Waals surface area contributed by atoms with Crippen LogP contribution in [0.1, 0.15) is 32.1 Å². The molecule has 0 aromatic heterocycles. The monoisotopic (exact) mass is 324 g/mol. The van der Waals surface area contributed by atoms with Gasteiger partial charge in [-0.1, -0.05) is 25.8 Å². The number of hydrogen-bond acceptors (Lipinski definition) is 1. The molecule has 0 aromatic rings. The van der Waals surface area contributed by atoms with E-state index in [2.05, 4.69) is 48.8 Å². The van der Waals surface area contributed by atoms with Gasteiger partial charge in [0.25, 0.3) is 0 Å². The lowest BCUT2D eigenvalue weighted by atomic mass is 9.85. The van der Waals surface area contributed by atoms with E-state index in [-0.39, 0.29) is 5.60 Å². The molecule has 0 atom stereocenters. The molecule has 0 aromatic carbocycles. The Labute approximate surface area is 103 Å². The first-order chi connectivity index (χ1) is 6.36. The summed E-state index contributed by atoms with van der Waals surface area (Å²) < 4.78 is 7.57. The minimum Gasteiger partial charge on any atom is -0.408 e. The van der Waals surface area contributed by atoms with Gasteiger partial charge in [-0.05, 0) is 55.1 Å². The largest absolute Gasteiger partial charge is 0.408 e. The molecular weight excluding hydrogens is 303 g/mol. The zero-order valence-electron chi connectivity index (χ0n) is 9.53. The second kappa shape index (κ2) is 4.66. The average Bonchev–Trinajstić information content (AvgIpc) is 2.02. The van der Waals surface area contributed by atoms with Crippen LogP contribution < -0.4 is 0 Å². The highest BCUT2D eigenvalue weighted by molar-refractivity contribution is 14.1. The van der Waals surface area contributed by atoms with Gasteiger partial charge in [-0.2, -0.15) is 0 Å². The SMILES string of the molecule is C=C(I)C1(O[Si](C)(C)C)CCCCC1. The van der Waals surface area contributed by atoms with E-state index in [9.17, 15) is 0 Å². The molecule has 0 heterocycles. The first kappa shape index (κ1) is 12.7. The molecule has 0 unspecified atom stereocenters. The summed E-state index contributed by atoms with van der Waals surface area (Å²) in [6.07, 6.45) is 6.32. The summed E-state index contributed by atoms with van der Waals surface area (Å²) in [6, 6.07) is 0. The van der Waals surface area contributed by atoms with Gasteiger partial charge in [0.05, 0.1) is 5.60 Å². The van der Waals surface area contributed by atoms with E-state index < -0.39 is 8.32 Å². The fraction of sp³-hybridized carbons (Fsp3) is 0.818. The Morgan fingerprint density at radius 2 is 1.71 bits per heavy atom. The average molecular weight is 324 g/mol. The predicted molar refractivity (Wildman–Crippen MR) is 73.4 cm³/mol. The van der Waals surface area contributed by atoms with E-state index >= 15 is 0 Å². The van der Waals surface area contributed by atoms with Crippen LogP contribution >= 0.6 is 22.6 Å². The molecule has 14 heavy (non-hydrogen) atoms. The van der Waals surface area contributed by atoms with Crippen molar-refractivity contribution in [1.29, 1.82) is 0 Å². The predicted octanol–water partition coefficient (Wildman–Crippen LogP) is 4.49. The number of hydrogen-bond donors (Lipinski definition) is 0. The van der Waals surface area contributed by atoms with Crippen LogP contribution in [0.15, 0.2) is 10.2 Å². The van der Waals surface area contributed by atoms with Crippen molar-refractivity contribution in [3.63, 3.8) is 0 Å². The molecule has 1 rings (SSSR count). The minimum atomic E-state index is -1.45. The zero-order chi connectivity index (χ0) is 10.8. The Bertz CT molecular complexity index is 214. The van der Waals surface area contributed by atoms with Gasteiger partial charge in [0, 0.05) is 3.58 Å². The van der Waals surface area contributed by atoms with Crippen LogP contribution in [0.4, 0.5) is 0 Å². The van der Waals surface area contributed by atoms with Crippen LogP contribution in [0.25, 0.3) is 0 Å². The lowest BCUT2D eigenvalue weighted by molar-refractivity contribution is 0.0685.